The predicted octanol–water partition coefficient (Wildman–Crippen LogP) is 2.63. The van der Waals surface area contributed by atoms with E-state index in [0.29, 0.717) is 5.57 Å². The van der Waals surface area contributed by atoms with Crippen molar-refractivity contribution in [2.75, 3.05) is 14.1 Å². The molecule has 0 saturated heterocycles. The Balaban J connectivity index is 3.19. The topological polar surface area (TPSA) is 53.1 Å². The third-order valence-corrected chi connectivity index (χ3v) is 2.84. The molecule has 2 N–H and O–H groups in total. The lowest BCUT2D eigenvalue weighted by Gasteiger charge is -2.17. The van der Waals surface area contributed by atoms with Crippen LogP contribution in [0.25, 0.3) is 5.70 Å². The van der Waals surface area contributed by atoms with Crippen molar-refractivity contribution < 1.29 is 0 Å². The van der Waals surface area contributed by atoms with Gasteiger partial charge in [-0.05, 0) is 24.6 Å². The molecule has 19 heavy (non-hydrogen) atoms. The molecule has 0 aliphatic carbocycles. The smallest absolute Gasteiger partial charge is 0.114 e. The number of nitriles is 1. The van der Waals surface area contributed by atoms with Crippen LogP contribution in [0.4, 0.5) is 0 Å². The van der Waals surface area contributed by atoms with E-state index in [4.69, 9.17) is 23.2 Å². The summed E-state index contributed by atoms with van der Waals surface area (Å²) < 4.78 is 0. The van der Waals surface area contributed by atoms with E-state index in [2.05, 4.69) is 12.1 Å². The summed E-state index contributed by atoms with van der Waals surface area (Å²) in [5.74, 6) is 0. The molecule has 0 heterocycles. The van der Waals surface area contributed by atoms with Crippen molar-refractivity contribution in [2.45, 2.75) is 6.92 Å². The lowest BCUT2D eigenvalue weighted by molar-refractivity contribution is 0.592. The number of hydrogen-bond donors (Lipinski definition) is 1. The Kier molecular flexibility index (Phi) is 5.28. The maximum Gasteiger partial charge on any atom is 0.114 e. The first-order valence-electron chi connectivity index (χ1n) is 5.82. The average Bonchev–Trinajstić information content (AvgIpc) is 2.35. The largest absolute Gasteiger partial charge is 0.389 e. The quantitative estimate of drug-likeness (QED) is 0.396. The number of aryl methyl sites for hydroxylation is 1. The van der Waals surface area contributed by atoms with E-state index in [1.807, 2.05) is 50.2 Å². The Labute approximate surface area is 119 Å². The van der Waals surface area contributed by atoms with Crippen molar-refractivity contribution in [3.63, 3.8) is 0 Å². The van der Waals surface area contributed by atoms with E-state index in [1.54, 1.807) is 6.08 Å². The molecule has 1 rings (SSSR count). The van der Waals surface area contributed by atoms with Gasteiger partial charge in [-0.1, -0.05) is 42.0 Å². The minimum absolute atomic E-state index is 0.112. The summed E-state index contributed by atoms with van der Waals surface area (Å²) in [6.07, 6.45) is 3.50. The van der Waals surface area contributed by atoms with E-state index in [0.717, 1.165) is 11.3 Å². The maximum absolute atomic E-state index is 8.93. The first-order chi connectivity index (χ1) is 8.95. The highest BCUT2D eigenvalue weighted by Gasteiger charge is 2.04. The Morgan fingerprint density at radius 1 is 1.26 bits per heavy atom. The van der Waals surface area contributed by atoms with E-state index in [-0.39, 0.29) is 4.99 Å². The Morgan fingerprint density at radius 2 is 1.84 bits per heavy atom. The van der Waals surface area contributed by atoms with Crippen LogP contribution in [0.1, 0.15) is 11.1 Å². The molecular formula is C15H17N3S. The molecule has 1 aromatic rings. The van der Waals surface area contributed by atoms with Gasteiger partial charge in [0.25, 0.3) is 0 Å². The van der Waals surface area contributed by atoms with Crippen LogP contribution in [0.5, 0.6) is 0 Å². The second-order valence-corrected chi connectivity index (χ2v) is 4.81. The number of thiocarbonyl (C=S) groups is 1. The van der Waals surface area contributed by atoms with Crippen molar-refractivity contribution in [3.05, 3.63) is 53.1 Å². The molecule has 4 heteroatoms. The van der Waals surface area contributed by atoms with Gasteiger partial charge in [0, 0.05) is 19.8 Å². The number of allylic oxidation sites excluding steroid dienone is 2. The Bertz CT molecular complexity index is 560. The molecular weight excluding hydrogens is 254 g/mol. The van der Waals surface area contributed by atoms with Gasteiger partial charge in [-0.3, -0.25) is 0 Å². The van der Waals surface area contributed by atoms with Crippen LogP contribution in [0.2, 0.25) is 0 Å². The van der Waals surface area contributed by atoms with Crippen molar-refractivity contribution in [1.29, 1.82) is 5.26 Å². The zero-order valence-corrected chi connectivity index (χ0v) is 12.2. The van der Waals surface area contributed by atoms with Gasteiger partial charge in [-0.25, -0.2) is 0 Å². The number of nitrogens with zero attached hydrogens (tertiary/aromatic N) is 2. The minimum Gasteiger partial charge on any atom is -0.389 e. The van der Waals surface area contributed by atoms with E-state index >= 15 is 0 Å². The van der Waals surface area contributed by atoms with Gasteiger partial charge in [0.2, 0.25) is 0 Å². The number of nitrogens with two attached hydrogens (primary N) is 1. The van der Waals surface area contributed by atoms with Gasteiger partial charge in [0.05, 0.1) is 5.57 Å². The molecule has 98 valence electrons. The van der Waals surface area contributed by atoms with Crippen LogP contribution in [0.15, 0.2) is 42.0 Å². The first kappa shape index (κ1) is 14.9. The molecule has 0 amide bonds. The van der Waals surface area contributed by atoms with Crippen LogP contribution in [-0.2, 0) is 0 Å². The summed E-state index contributed by atoms with van der Waals surface area (Å²) in [6, 6.07) is 10.2. The molecule has 0 fully saturated rings. The highest BCUT2D eigenvalue weighted by Crippen LogP contribution is 2.17. The van der Waals surface area contributed by atoms with E-state index in [9.17, 15) is 0 Å². The molecule has 0 bridgehead atoms. The van der Waals surface area contributed by atoms with Crippen molar-refractivity contribution in [1.82, 2.24) is 4.90 Å². The van der Waals surface area contributed by atoms with Crippen LogP contribution in [0.3, 0.4) is 0 Å². The summed E-state index contributed by atoms with van der Waals surface area (Å²) in [7, 11) is 3.90. The van der Waals surface area contributed by atoms with Crippen LogP contribution >= 0.6 is 12.2 Å². The molecule has 0 spiro atoms. The van der Waals surface area contributed by atoms with Gasteiger partial charge in [0.1, 0.15) is 11.1 Å². The zero-order chi connectivity index (χ0) is 14.4. The fourth-order valence-corrected chi connectivity index (χ4v) is 1.68. The molecule has 0 saturated carbocycles. The highest BCUT2D eigenvalue weighted by atomic mass is 32.1. The molecule has 0 aliphatic heterocycles. The number of benzene rings is 1. The minimum atomic E-state index is 0.112. The first-order valence-corrected chi connectivity index (χ1v) is 6.22. The summed E-state index contributed by atoms with van der Waals surface area (Å²) in [6.45, 7) is 2.05. The fourth-order valence-electron chi connectivity index (χ4n) is 1.56. The van der Waals surface area contributed by atoms with Gasteiger partial charge in [-0.2, -0.15) is 5.26 Å². The summed E-state index contributed by atoms with van der Waals surface area (Å²) in [5, 5.41) is 8.93. The normalized spacial score (nSPS) is 11.9. The number of hydrogen-bond acceptors (Lipinski definition) is 3. The van der Waals surface area contributed by atoms with Gasteiger partial charge < -0.3 is 10.6 Å². The van der Waals surface area contributed by atoms with Crippen molar-refractivity contribution >= 4 is 22.9 Å². The Hall–Kier alpha value is -2.12. The molecule has 0 radical (unpaired) electrons. The van der Waals surface area contributed by atoms with Crippen LogP contribution in [-0.4, -0.2) is 24.0 Å². The maximum atomic E-state index is 8.93. The third-order valence-electron chi connectivity index (χ3n) is 2.62. The lowest BCUT2D eigenvalue weighted by atomic mass is 10.1. The summed E-state index contributed by atoms with van der Waals surface area (Å²) in [4.78, 5) is 2.09. The molecule has 1 aromatic carbocycles. The van der Waals surface area contributed by atoms with E-state index < -0.39 is 0 Å². The predicted molar refractivity (Wildman–Crippen MR) is 83.3 cm³/mol. The van der Waals surface area contributed by atoms with Gasteiger partial charge >= 0.3 is 0 Å². The SMILES string of the molecule is Cc1ccc(/C(=C\C=C(\C#N)C(N)=S)N(C)C)cc1. The molecule has 0 unspecified atom stereocenters. The molecule has 0 atom stereocenters. The molecule has 3 nitrogen and oxygen atoms in total. The summed E-state index contributed by atoms with van der Waals surface area (Å²) in [5.41, 5.74) is 9.05. The second kappa shape index (κ2) is 6.72. The zero-order valence-electron chi connectivity index (χ0n) is 11.3. The van der Waals surface area contributed by atoms with Gasteiger partial charge in [0.15, 0.2) is 0 Å². The monoisotopic (exact) mass is 271 g/mol. The van der Waals surface area contributed by atoms with Gasteiger partial charge in [-0.15, -0.1) is 0 Å². The third kappa shape index (κ3) is 4.23. The fraction of sp³-hybridized carbons (Fsp3) is 0.200. The molecule has 0 aliphatic rings. The standard InChI is InChI=1S/C15H17N3S/c1-11-4-6-12(7-5-11)14(18(2)3)9-8-13(10-16)15(17)19/h4-9H,1-3H3,(H2,17,19)/b13-8-,14-9+. The second-order valence-electron chi connectivity index (χ2n) is 4.37. The lowest BCUT2D eigenvalue weighted by Crippen LogP contribution is -2.11. The van der Waals surface area contributed by atoms with Crippen LogP contribution in [0, 0.1) is 18.3 Å². The van der Waals surface area contributed by atoms with Crippen molar-refractivity contribution in [3.8, 4) is 6.07 Å². The highest BCUT2D eigenvalue weighted by molar-refractivity contribution is 7.80. The average molecular weight is 271 g/mol. The Morgan fingerprint density at radius 3 is 2.26 bits per heavy atom. The van der Waals surface area contributed by atoms with E-state index in [1.165, 1.54) is 5.56 Å². The van der Waals surface area contributed by atoms with Crippen molar-refractivity contribution in [2.24, 2.45) is 5.73 Å². The summed E-state index contributed by atoms with van der Waals surface area (Å²) >= 11 is 4.81. The van der Waals surface area contributed by atoms with Crippen LogP contribution < -0.4 is 5.73 Å². The number of rotatable bonds is 4. The molecule has 0 aromatic heterocycles.